The Kier molecular flexibility index (Phi) is 3.59. The van der Waals surface area contributed by atoms with Crippen molar-refractivity contribution in [1.29, 1.82) is 0 Å². The fourth-order valence-corrected chi connectivity index (χ4v) is 2.91. The molecule has 0 spiro atoms. The molecule has 0 amide bonds. The van der Waals surface area contributed by atoms with E-state index in [-0.39, 0.29) is 22.9 Å². The summed E-state index contributed by atoms with van der Waals surface area (Å²) in [5, 5.41) is 0. The Balaban J connectivity index is 2.38. The number of furan rings is 1. The highest BCUT2D eigenvalue weighted by atomic mass is 32.2. The van der Waals surface area contributed by atoms with Gasteiger partial charge in [0.2, 0.25) is 0 Å². The number of aryl methyl sites for hydroxylation is 1. The molecule has 2 aromatic rings. The number of benzene rings is 1. The molecule has 102 valence electrons. The quantitative estimate of drug-likeness (QED) is 0.899. The van der Waals surface area contributed by atoms with Crippen molar-refractivity contribution in [3.05, 3.63) is 47.7 Å². The van der Waals surface area contributed by atoms with E-state index >= 15 is 0 Å². The van der Waals surface area contributed by atoms with E-state index in [2.05, 4.69) is 4.72 Å². The number of anilines is 1. The molecule has 2 rings (SSSR count). The maximum Gasteiger partial charge on any atom is 0.265 e. The summed E-state index contributed by atoms with van der Waals surface area (Å²) >= 11 is 0. The first kappa shape index (κ1) is 13.6. The fraction of sp³-hybridized carbons (Fsp3) is 0.167. The van der Waals surface area contributed by atoms with Gasteiger partial charge in [-0.1, -0.05) is 12.1 Å². The molecule has 7 heteroatoms. The second kappa shape index (κ2) is 5.02. The average molecular weight is 284 g/mol. The standard InChI is InChI=1S/C12H13FN2O3S/c1-8-12(6-9(7-14)18-8)19(16,17)15-11-5-3-2-4-10(11)13/h2-6,15H,7,14H2,1H3. The van der Waals surface area contributed by atoms with Crippen molar-refractivity contribution < 1.29 is 17.2 Å². The van der Waals surface area contributed by atoms with Gasteiger partial charge in [0.25, 0.3) is 10.0 Å². The van der Waals surface area contributed by atoms with Crippen LogP contribution in [-0.2, 0) is 16.6 Å². The maximum atomic E-state index is 13.4. The Morgan fingerprint density at radius 3 is 2.63 bits per heavy atom. The lowest BCUT2D eigenvalue weighted by Gasteiger charge is -2.07. The van der Waals surface area contributed by atoms with Crippen LogP contribution in [0.25, 0.3) is 0 Å². The minimum Gasteiger partial charge on any atom is -0.464 e. The van der Waals surface area contributed by atoms with Crippen LogP contribution in [0.5, 0.6) is 0 Å². The summed E-state index contributed by atoms with van der Waals surface area (Å²) in [7, 11) is -3.90. The second-order valence-corrected chi connectivity index (χ2v) is 5.57. The molecule has 5 nitrogen and oxygen atoms in total. The van der Waals surface area contributed by atoms with Crippen LogP contribution in [0.3, 0.4) is 0 Å². The molecule has 1 aromatic heterocycles. The van der Waals surface area contributed by atoms with Gasteiger partial charge in [-0.15, -0.1) is 0 Å². The first-order chi connectivity index (χ1) is 8.94. The molecular weight excluding hydrogens is 271 g/mol. The minimum atomic E-state index is -3.90. The predicted molar refractivity (Wildman–Crippen MR) is 68.5 cm³/mol. The Morgan fingerprint density at radius 2 is 2.05 bits per heavy atom. The monoisotopic (exact) mass is 284 g/mol. The molecule has 0 saturated heterocycles. The number of nitrogens with one attached hydrogen (secondary N) is 1. The summed E-state index contributed by atoms with van der Waals surface area (Å²) in [6.07, 6.45) is 0. The number of nitrogens with two attached hydrogens (primary N) is 1. The van der Waals surface area contributed by atoms with Crippen LogP contribution < -0.4 is 10.5 Å². The van der Waals surface area contributed by atoms with Crippen molar-refractivity contribution in [2.45, 2.75) is 18.4 Å². The molecule has 0 bridgehead atoms. The van der Waals surface area contributed by atoms with Gasteiger partial charge in [0.1, 0.15) is 22.2 Å². The Hall–Kier alpha value is -1.86. The lowest BCUT2D eigenvalue weighted by molar-refractivity contribution is 0.479. The van der Waals surface area contributed by atoms with Gasteiger partial charge in [-0.05, 0) is 19.1 Å². The van der Waals surface area contributed by atoms with E-state index in [0.29, 0.717) is 5.76 Å². The van der Waals surface area contributed by atoms with Gasteiger partial charge in [0.15, 0.2) is 0 Å². The van der Waals surface area contributed by atoms with Crippen molar-refractivity contribution in [3.63, 3.8) is 0 Å². The number of rotatable bonds is 4. The van der Waals surface area contributed by atoms with Gasteiger partial charge in [-0.2, -0.15) is 0 Å². The maximum absolute atomic E-state index is 13.4. The van der Waals surface area contributed by atoms with Crippen molar-refractivity contribution >= 4 is 15.7 Å². The minimum absolute atomic E-state index is 0.0452. The highest BCUT2D eigenvalue weighted by Gasteiger charge is 2.22. The van der Waals surface area contributed by atoms with E-state index in [0.717, 1.165) is 0 Å². The molecule has 0 aliphatic rings. The lowest BCUT2D eigenvalue weighted by Crippen LogP contribution is -2.14. The Morgan fingerprint density at radius 1 is 1.37 bits per heavy atom. The molecule has 19 heavy (non-hydrogen) atoms. The number of sulfonamides is 1. The van der Waals surface area contributed by atoms with E-state index < -0.39 is 15.8 Å². The molecule has 0 saturated carbocycles. The predicted octanol–water partition coefficient (Wildman–Crippen LogP) is 1.99. The van der Waals surface area contributed by atoms with Gasteiger partial charge in [0, 0.05) is 6.07 Å². The summed E-state index contributed by atoms with van der Waals surface area (Å²) in [4.78, 5) is -0.0452. The largest absolute Gasteiger partial charge is 0.464 e. The Bertz CT molecular complexity index is 695. The third-order valence-electron chi connectivity index (χ3n) is 2.53. The molecule has 1 heterocycles. The molecule has 0 aliphatic heterocycles. The first-order valence-corrected chi connectivity index (χ1v) is 6.99. The van der Waals surface area contributed by atoms with E-state index in [1.807, 2.05) is 0 Å². The van der Waals surface area contributed by atoms with Crippen molar-refractivity contribution in [3.8, 4) is 0 Å². The Labute approximate surface area is 110 Å². The molecule has 0 aliphatic carbocycles. The highest BCUT2D eigenvalue weighted by Crippen LogP contribution is 2.23. The van der Waals surface area contributed by atoms with E-state index in [1.165, 1.54) is 37.3 Å². The number of hydrogen-bond acceptors (Lipinski definition) is 4. The van der Waals surface area contributed by atoms with Crippen LogP contribution in [-0.4, -0.2) is 8.42 Å². The second-order valence-electron chi connectivity index (χ2n) is 3.92. The fourth-order valence-electron chi connectivity index (χ4n) is 1.64. The smallest absolute Gasteiger partial charge is 0.265 e. The third kappa shape index (κ3) is 2.77. The van der Waals surface area contributed by atoms with Crippen LogP contribution in [0.15, 0.2) is 39.6 Å². The van der Waals surface area contributed by atoms with Crippen LogP contribution >= 0.6 is 0 Å². The summed E-state index contributed by atoms with van der Waals surface area (Å²) in [5.41, 5.74) is 5.27. The summed E-state index contributed by atoms with van der Waals surface area (Å²) < 4.78 is 45.0. The van der Waals surface area contributed by atoms with Gasteiger partial charge in [-0.25, -0.2) is 12.8 Å². The molecule has 0 radical (unpaired) electrons. The molecule has 0 unspecified atom stereocenters. The highest BCUT2D eigenvalue weighted by molar-refractivity contribution is 7.92. The van der Waals surface area contributed by atoms with Crippen molar-refractivity contribution in [1.82, 2.24) is 0 Å². The first-order valence-electron chi connectivity index (χ1n) is 5.51. The molecular formula is C12H13FN2O3S. The molecule has 3 N–H and O–H groups in total. The van der Waals surface area contributed by atoms with Crippen LogP contribution in [0, 0.1) is 12.7 Å². The third-order valence-corrected chi connectivity index (χ3v) is 4.01. The number of hydrogen-bond donors (Lipinski definition) is 2. The summed E-state index contributed by atoms with van der Waals surface area (Å²) in [5.74, 6) is -0.0815. The summed E-state index contributed by atoms with van der Waals surface area (Å²) in [6, 6.07) is 6.85. The lowest BCUT2D eigenvalue weighted by atomic mass is 10.3. The average Bonchev–Trinajstić information content (AvgIpc) is 2.74. The van der Waals surface area contributed by atoms with Crippen molar-refractivity contribution in [2.75, 3.05) is 4.72 Å². The van der Waals surface area contributed by atoms with Crippen molar-refractivity contribution in [2.24, 2.45) is 5.73 Å². The van der Waals surface area contributed by atoms with Gasteiger partial charge < -0.3 is 10.2 Å². The molecule has 0 fully saturated rings. The SMILES string of the molecule is Cc1oc(CN)cc1S(=O)(=O)Nc1ccccc1F. The van der Waals surface area contributed by atoms with Crippen LogP contribution in [0.1, 0.15) is 11.5 Å². The van der Waals surface area contributed by atoms with E-state index in [1.54, 1.807) is 0 Å². The van der Waals surface area contributed by atoms with Gasteiger partial charge in [0.05, 0.1) is 12.2 Å². The van der Waals surface area contributed by atoms with E-state index in [9.17, 15) is 12.8 Å². The summed E-state index contributed by atoms with van der Waals surface area (Å²) in [6.45, 7) is 1.60. The van der Waals surface area contributed by atoms with Crippen LogP contribution in [0.2, 0.25) is 0 Å². The van der Waals surface area contributed by atoms with E-state index in [4.69, 9.17) is 10.2 Å². The zero-order valence-corrected chi connectivity index (χ0v) is 11.0. The molecule has 0 atom stereocenters. The zero-order chi connectivity index (χ0) is 14.0. The van der Waals surface area contributed by atoms with Gasteiger partial charge >= 0.3 is 0 Å². The van der Waals surface area contributed by atoms with Gasteiger partial charge in [-0.3, -0.25) is 4.72 Å². The molecule has 1 aromatic carbocycles. The number of halogens is 1. The zero-order valence-electron chi connectivity index (χ0n) is 10.2. The van der Waals surface area contributed by atoms with Crippen LogP contribution in [0.4, 0.5) is 10.1 Å². The number of para-hydroxylation sites is 1. The normalized spacial score (nSPS) is 11.5. The topological polar surface area (TPSA) is 85.3 Å².